The molecule has 0 amide bonds. The number of hydrogen-bond donors (Lipinski definition) is 0. The van der Waals surface area contributed by atoms with Crippen LogP contribution in [-0.2, 0) is 57.0 Å². The van der Waals surface area contributed by atoms with Crippen molar-refractivity contribution in [3.63, 3.8) is 0 Å². The van der Waals surface area contributed by atoms with Crippen LogP contribution in [0.1, 0.15) is 122 Å². The molecule has 13 nitrogen and oxygen atoms in total. The number of carbonyl (C=O) groups is 2. The van der Waals surface area contributed by atoms with Gasteiger partial charge < -0.3 is 47.4 Å². The zero-order valence-electron chi connectivity index (χ0n) is 38.4. The molecular weight excluding hydrogens is 759 g/mol. The van der Waals surface area contributed by atoms with Crippen molar-refractivity contribution in [1.82, 2.24) is 4.90 Å². The van der Waals surface area contributed by atoms with Crippen molar-refractivity contribution in [1.29, 1.82) is 0 Å². The smallest absolute Gasteiger partial charge is 0.320 e. The zero-order chi connectivity index (χ0) is 43.6. The lowest BCUT2D eigenvalue weighted by Crippen LogP contribution is -2.48. The Kier molecular flexibility index (Phi) is 22.3. The second kappa shape index (κ2) is 25.7. The Morgan fingerprint density at radius 2 is 1.66 bits per heavy atom. The molecule has 0 saturated carbocycles. The number of epoxide rings is 1. The first-order valence-electron chi connectivity index (χ1n) is 22.2. The maximum Gasteiger partial charge on any atom is 0.320 e. The molecule has 0 aromatic rings. The second-order valence-corrected chi connectivity index (χ2v) is 16.9. The third-order valence-electron chi connectivity index (χ3n) is 11.4. The molecule has 3 rings (SSSR count). The van der Waals surface area contributed by atoms with Gasteiger partial charge in [0.15, 0.2) is 18.9 Å². The summed E-state index contributed by atoms with van der Waals surface area (Å²) in [5, 5.41) is 0. The highest BCUT2D eigenvalue weighted by Gasteiger charge is 2.53. The molecule has 340 valence electrons. The Labute approximate surface area is 355 Å². The van der Waals surface area contributed by atoms with Gasteiger partial charge in [-0.15, -0.1) is 0 Å². The molecule has 0 N–H and O–H groups in total. The van der Waals surface area contributed by atoms with Gasteiger partial charge in [0.25, 0.3) is 0 Å². The standard InChI is InChI=1S/C46H79NO12/c1-13-40(55-35(8)52-15-3)45(10,11)44-39(57-44)29-32(5)19-17-20-33(6)38-21-18-22-41(58-43(49)31-47-25-27-50-28-26-47)46(12,59-36(9)53-16-4)24-23-37(30-42(48)56-38)54-34(7)51-14-2/h17-20,22,32,34-41,44H,13-16,21,23-31H2,1-12H3/b19-17+,22-18-,33-20+. The van der Waals surface area contributed by atoms with E-state index in [-0.39, 0.29) is 60.8 Å². The summed E-state index contributed by atoms with van der Waals surface area (Å²) in [7, 11) is 0. The molecule has 0 bridgehead atoms. The summed E-state index contributed by atoms with van der Waals surface area (Å²) in [5.41, 5.74) is -0.302. The molecule has 0 spiro atoms. The number of morpholine rings is 1. The van der Waals surface area contributed by atoms with Crippen molar-refractivity contribution in [2.75, 3.05) is 52.7 Å². The van der Waals surface area contributed by atoms with Crippen LogP contribution < -0.4 is 0 Å². The van der Waals surface area contributed by atoms with Gasteiger partial charge in [0.05, 0.1) is 50.6 Å². The van der Waals surface area contributed by atoms with E-state index in [1.54, 1.807) is 0 Å². The minimum Gasteiger partial charge on any atom is -0.457 e. The van der Waals surface area contributed by atoms with E-state index < -0.39 is 36.5 Å². The fourth-order valence-electron chi connectivity index (χ4n) is 8.07. The molecule has 3 aliphatic heterocycles. The quantitative estimate of drug-likeness (QED) is 0.0328. The van der Waals surface area contributed by atoms with Crippen molar-refractivity contribution < 1.29 is 57.0 Å². The van der Waals surface area contributed by atoms with E-state index in [0.717, 1.165) is 18.4 Å². The number of esters is 2. The van der Waals surface area contributed by atoms with Gasteiger partial charge >= 0.3 is 11.9 Å². The Morgan fingerprint density at radius 1 is 1.00 bits per heavy atom. The summed E-state index contributed by atoms with van der Waals surface area (Å²) >= 11 is 0. The van der Waals surface area contributed by atoms with Gasteiger partial charge in [0, 0.05) is 44.7 Å². The number of nitrogens with zero attached hydrogens (tertiary/aromatic N) is 1. The summed E-state index contributed by atoms with van der Waals surface area (Å²) in [6.07, 6.45) is 9.94. The van der Waals surface area contributed by atoms with Gasteiger partial charge in [-0.2, -0.15) is 0 Å². The van der Waals surface area contributed by atoms with Crippen LogP contribution >= 0.6 is 0 Å². The number of cyclic esters (lactones) is 1. The van der Waals surface area contributed by atoms with Crippen LogP contribution in [0.5, 0.6) is 0 Å². The topological polar surface area (TPSA) is 133 Å². The average molecular weight is 838 g/mol. The van der Waals surface area contributed by atoms with E-state index in [4.69, 9.17) is 47.4 Å². The molecule has 11 unspecified atom stereocenters. The summed E-state index contributed by atoms with van der Waals surface area (Å²) in [5.74, 6) is -0.474. The molecule has 3 aliphatic rings. The third-order valence-corrected chi connectivity index (χ3v) is 11.4. The number of carbonyl (C=O) groups excluding carboxylic acids is 2. The largest absolute Gasteiger partial charge is 0.457 e. The van der Waals surface area contributed by atoms with Crippen LogP contribution in [-0.4, -0.2) is 131 Å². The molecule has 0 aromatic heterocycles. The van der Waals surface area contributed by atoms with Gasteiger partial charge in [0.1, 0.15) is 17.8 Å². The van der Waals surface area contributed by atoms with Crippen LogP contribution in [0.2, 0.25) is 0 Å². The van der Waals surface area contributed by atoms with Crippen molar-refractivity contribution in [2.24, 2.45) is 11.3 Å². The van der Waals surface area contributed by atoms with Crippen molar-refractivity contribution in [3.8, 4) is 0 Å². The molecule has 11 atom stereocenters. The molecule has 0 radical (unpaired) electrons. The molecular formula is C46H79NO12. The van der Waals surface area contributed by atoms with Crippen LogP contribution in [0.4, 0.5) is 0 Å². The van der Waals surface area contributed by atoms with Gasteiger partial charge in [-0.3, -0.25) is 14.5 Å². The highest BCUT2D eigenvalue weighted by atomic mass is 16.7. The van der Waals surface area contributed by atoms with Gasteiger partial charge in [-0.1, -0.05) is 52.0 Å². The Hall–Kier alpha value is -2.20. The summed E-state index contributed by atoms with van der Waals surface area (Å²) in [4.78, 5) is 29.1. The monoisotopic (exact) mass is 838 g/mol. The molecule has 3 heterocycles. The van der Waals surface area contributed by atoms with E-state index in [2.05, 4.69) is 33.8 Å². The van der Waals surface area contributed by atoms with Gasteiger partial charge in [0.2, 0.25) is 0 Å². The number of hydrogen-bond acceptors (Lipinski definition) is 13. The predicted molar refractivity (Wildman–Crippen MR) is 227 cm³/mol. The van der Waals surface area contributed by atoms with Crippen molar-refractivity contribution >= 4 is 11.9 Å². The summed E-state index contributed by atoms with van der Waals surface area (Å²) in [6, 6.07) is 0. The number of allylic oxidation sites excluding steroid dienone is 3. The Bertz CT molecular complexity index is 1330. The van der Waals surface area contributed by atoms with E-state index >= 15 is 0 Å². The van der Waals surface area contributed by atoms with Gasteiger partial charge in [-0.05, 0) is 98.6 Å². The van der Waals surface area contributed by atoms with E-state index in [9.17, 15) is 9.59 Å². The number of rotatable bonds is 23. The summed E-state index contributed by atoms with van der Waals surface area (Å²) < 4.78 is 60.4. The zero-order valence-corrected chi connectivity index (χ0v) is 38.4. The molecule has 13 heteroatoms. The normalized spacial score (nSPS) is 29.7. The fraction of sp³-hybridized carbons (Fsp3) is 0.826. The molecule has 0 aromatic carbocycles. The first kappa shape index (κ1) is 51.2. The number of ether oxygens (including phenoxy) is 10. The molecule has 2 fully saturated rings. The van der Waals surface area contributed by atoms with Crippen LogP contribution in [0.25, 0.3) is 0 Å². The lowest BCUT2D eigenvalue weighted by atomic mass is 9.79. The van der Waals surface area contributed by atoms with Crippen LogP contribution in [0.15, 0.2) is 36.0 Å². The fourth-order valence-corrected chi connectivity index (χ4v) is 8.07. The predicted octanol–water partition coefficient (Wildman–Crippen LogP) is 7.70. The maximum absolute atomic E-state index is 13.6. The van der Waals surface area contributed by atoms with E-state index in [1.165, 1.54) is 0 Å². The Balaban J connectivity index is 1.82. The lowest BCUT2D eigenvalue weighted by Gasteiger charge is -2.39. The first-order chi connectivity index (χ1) is 28.0. The minimum absolute atomic E-state index is 0.0176. The van der Waals surface area contributed by atoms with E-state index in [1.807, 2.05) is 84.6 Å². The highest BCUT2D eigenvalue weighted by molar-refractivity contribution is 5.72. The molecule has 2 saturated heterocycles. The van der Waals surface area contributed by atoms with Crippen molar-refractivity contribution in [2.45, 2.75) is 183 Å². The van der Waals surface area contributed by atoms with Crippen LogP contribution in [0, 0.1) is 11.3 Å². The van der Waals surface area contributed by atoms with Crippen LogP contribution in [0.3, 0.4) is 0 Å². The van der Waals surface area contributed by atoms with Crippen molar-refractivity contribution in [3.05, 3.63) is 36.0 Å². The maximum atomic E-state index is 13.6. The first-order valence-corrected chi connectivity index (χ1v) is 22.2. The molecule has 0 aliphatic carbocycles. The van der Waals surface area contributed by atoms with Gasteiger partial charge in [-0.25, -0.2) is 0 Å². The minimum atomic E-state index is -1.02. The molecule has 59 heavy (non-hydrogen) atoms. The van der Waals surface area contributed by atoms with E-state index in [0.29, 0.717) is 65.4 Å². The summed E-state index contributed by atoms with van der Waals surface area (Å²) in [6.45, 7) is 28.2. The second-order valence-electron chi connectivity index (χ2n) is 16.9. The Morgan fingerprint density at radius 3 is 2.32 bits per heavy atom. The lowest BCUT2D eigenvalue weighted by molar-refractivity contribution is -0.230. The third kappa shape index (κ3) is 17.6. The SMILES string of the molecule is CCOC(C)OC1CCC(C)(OC(C)OCC)C(OC(=O)CN2CCOCC2)/C=C\CC(/C(C)=C/C=C/C(C)CC2OC2C(C)(C)C(CC)OC(C)OCC)OC(=O)C1. The highest BCUT2D eigenvalue weighted by Crippen LogP contribution is 2.45. The average Bonchev–Trinajstić information content (AvgIpc) is 3.95.